The molecule has 124 valence electrons. The summed E-state index contributed by atoms with van der Waals surface area (Å²) in [7, 11) is 4.91. The summed E-state index contributed by atoms with van der Waals surface area (Å²) >= 11 is 0. The molecule has 0 bridgehead atoms. The Morgan fingerprint density at radius 3 is 2.27 bits per heavy atom. The van der Waals surface area contributed by atoms with E-state index >= 15 is 0 Å². The van der Waals surface area contributed by atoms with Crippen molar-refractivity contribution in [2.24, 2.45) is 11.7 Å². The van der Waals surface area contributed by atoms with Crippen molar-refractivity contribution in [3.8, 4) is 0 Å². The highest BCUT2D eigenvalue weighted by Gasteiger charge is 2.20. The first kappa shape index (κ1) is 20.6. The number of rotatable bonds is 11. The minimum absolute atomic E-state index is 0.0348. The van der Waals surface area contributed by atoms with Crippen molar-refractivity contribution in [3.63, 3.8) is 0 Å². The van der Waals surface area contributed by atoms with Gasteiger partial charge in [-0.25, -0.2) is 0 Å². The molecule has 0 aromatic rings. The van der Waals surface area contributed by atoms with Crippen LogP contribution < -0.4 is 21.8 Å². The minimum atomic E-state index is -0.711. The maximum absolute atomic E-state index is 11.7. The molecule has 2 amide bonds. The van der Waals surface area contributed by atoms with Gasteiger partial charge in [0.15, 0.2) is 7.85 Å². The van der Waals surface area contributed by atoms with E-state index in [9.17, 15) is 14.4 Å². The van der Waals surface area contributed by atoms with Crippen LogP contribution in [0.4, 0.5) is 0 Å². The summed E-state index contributed by atoms with van der Waals surface area (Å²) in [5.41, 5.74) is 7.01. The Labute approximate surface area is 131 Å². The first-order valence-electron chi connectivity index (χ1n) is 7.28. The molecular formula is C13H25BN4O4. The average molecular weight is 312 g/mol. The van der Waals surface area contributed by atoms with Gasteiger partial charge in [-0.2, -0.15) is 5.48 Å². The van der Waals surface area contributed by atoms with Crippen molar-refractivity contribution >= 4 is 25.3 Å². The molecule has 0 aliphatic carbocycles. The Hall–Kier alpha value is -1.45. The van der Waals surface area contributed by atoms with Gasteiger partial charge in [0.25, 0.3) is 0 Å². The first-order valence-corrected chi connectivity index (χ1v) is 7.28. The molecule has 0 aromatic carbocycles. The maximum atomic E-state index is 11.7. The number of nitrogens with two attached hydrogens (primary N) is 1. The molecule has 0 aliphatic rings. The van der Waals surface area contributed by atoms with E-state index in [1.165, 1.54) is 0 Å². The molecule has 0 aromatic heterocycles. The predicted octanol–water partition coefficient (Wildman–Crippen LogP) is -1.59. The van der Waals surface area contributed by atoms with Gasteiger partial charge in [0.1, 0.15) is 6.04 Å². The van der Waals surface area contributed by atoms with Gasteiger partial charge in [-0.3, -0.25) is 9.59 Å². The normalized spacial score (nSPS) is 13.5. The van der Waals surface area contributed by atoms with E-state index in [-0.39, 0.29) is 18.4 Å². The number of hydrogen-bond donors (Lipinski definition) is 5. The summed E-state index contributed by atoms with van der Waals surface area (Å²) in [5, 5.41) is 13.9. The van der Waals surface area contributed by atoms with Crippen LogP contribution in [0.2, 0.25) is 0 Å². The average Bonchev–Trinajstić information content (AvgIpc) is 2.44. The Morgan fingerprint density at radius 2 is 1.77 bits per heavy atom. The zero-order valence-electron chi connectivity index (χ0n) is 13.1. The van der Waals surface area contributed by atoms with E-state index in [1.54, 1.807) is 0 Å². The minimum Gasteiger partial charge on any atom is -0.355 e. The summed E-state index contributed by atoms with van der Waals surface area (Å²) in [6, 6.07) is -1.36. The SMILES string of the molecule is [B]C(=O)CNC(=O)[C@@H](N)CCCCNC(=O)[C@@H](NO)C(C)C. The van der Waals surface area contributed by atoms with Crippen LogP contribution in [0, 0.1) is 5.92 Å². The van der Waals surface area contributed by atoms with Gasteiger partial charge in [0.05, 0.1) is 18.3 Å². The maximum Gasteiger partial charge on any atom is 0.239 e. The third-order valence-electron chi connectivity index (χ3n) is 3.10. The molecule has 9 heteroatoms. The van der Waals surface area contributed by atoms with E-state index in [0.29, 0.717) is 25.8 Å². The first-order chi connectivity index (χ1) is 10.3. The molecule has 0 unspecified atom stereocenters. The molecule has 2 radical (unpaired) electrons. The highest BCUT2D eigenvalue weighted by Crippen LogP contribution is 2.02. The largest absolute Gasteiger partial charge is 0.355 e. The Morgan fingerprint density at radius 1 is 1.14 bits per heavy atom. The van der Waals surface area contributed by atoms with Gasteiger partial charge in [-0.15, -0.1) is 0 Å². The topological polar surface area (TPSA) is 134 Å². The van der Waals surface area contributed by atoms with E-state index in [2.05, 4.69) is 10.6 Å². The van der Waals surface area contributed by atoms with Gasteiger partial charge in [-0.1, -0.05) is 13.8 Å². The lowest BCUT2D eigenvalue weighted by molar-refractivity contribution is -0.127. The smallest absolute Gasteiger partial charge is 0.239 e. The Bertz CT molecular complexity index is 379. The van der Waals surface area contributed by atoms with E-state index < -0.39 is 23.7 Å². The molecule has 8 nitrogen and oxygen atoms in total. The second kappa shape index (κ2) is 11.2. The molecular weight excluding hydrogens is 287 g/mol. The van der Waals surface area contributed by atoms with Crippen LogP contribution in [0.25, 0.3) is 0 Å². The van der Waals surface area contributed by atoms with Crippen LogP contribution in [-0.2, 0) is 14.4 Å². The fourth-order valence-corrected chi connectivity index (χ4v) is 1.76. The lowest BCUT2D eigenvalue weighted by Gasteiger charge is -2.18. The van der Waals surface area contributed by atoms with Crippen LogP contribution in [0.3, 0.4) is 0 Å². The van der Waals surface area contributed by atoms with Crippen LogP contribution in [0.1, 0.15) is 33.1 Å². The molecule has 0 rings (SSSR count). The zero-order chi connectivity index (χ0) is 17.1. The molecule has 6 N–H and O–H groups in total. The number of carbonyl (C=O) groups is 3. The third-order valence-corrected chi connectivity index (χ3v) is 3.10. The van der Waals surface area contributed by atoms with Crippen molar-refractivity contribution in [2.45, 2.75) is 45.2 Å². The highest BCUT2D eigenvalue weighted by molar-refractivity contribution is 6.58. The Kier molecular flexibility index (Phi) is 10.4. The summed E-state index contributed by atoms with van der Waals surface area (Å²) in [4.78, 5) is 33.7. The number of carbonyl (C=O) groups excluding carboxylic acids is 3. The second-order valence-electron chi connectivity index (χ2n) is 5.43. The van der Waals surface area contributed by atoms with E-state index in [4.69, 9.17) is 18.8 Å². The molecule has 0 spiro atoms. The monoisotopic (exact) mass is 312 g/mol. The van der Waals surface area contributed by atoms with Crippen LogP contribution >= 0.6 is 0 Å². The lowest BCUT2D eigenvalue weighted by atomic mass is 10.0. The molecule has 0 fully saturated rings. The van der Waals surface area contributed by atoms with Crippen LogP contribution in [0.15, 0.2) is 0 Å². The van der Waals surface area contributed by atoms with Crippen molar-refractivity contribution in [1.82, 2.24) is 16.1 Å². The predicted molar refractivity (Wildman–Crippen MR) is 82.2 cm³/mol. The second-order valence-corrected chi connectivity index (χ2v) is 5.43. The van der Waals surface area contributed by atoms with Gasteiger partial charge in [0, 0.05) is 6.54 Å². The summed E-state index contributed by atoms with van der Waals surface area (Å²) in [6.07, 6.45) is 1.73. The fourth-order valence-electron chi connectivity index (χ4n) is 1.76. The number of hydrogen-bond acceptors (Lipinski definition) is 6. The van der Waals surface area contributed by atoms with Gasteiger partial charge in [0.2, 0.25) is 11.8 Å². The molecule has 0 heterocycles. The summed E-state index contributed by atoms with van der Waals surface area (Å²) < 4.78 is 0. The standard InChI is InChI=1S/C13H25BN4O4/c1-8(2)11(18-22)13(21)16-6-4-3-5-9(15)12(20)17-7-10(14)19/h8-9,11,18,22H,3-7,15H2,1-2H3,(H,16,21)(H,17,20)/t9-,11-/m0/s1. The van der Waals surface area contributed by atoms with E-state index in [0.717, 1.165) is 0 Å². The van der Waals surface area contributed by atoms with Crippen LogP contribution in [0.5, 0.6) is 0 Å². The number of unbranched alkanes of at least 4 members (excludes halogenated alkanes) is 1. The quantitative estimate of drug-likeness (QED) is 0.177. The molecule has 2 atom stereocenters. The molecule has 0 aliphatic heterocycles. The highest BCUT2D eigenvalue weighted by atomic mass is 16.5. The van der Waals surface area contributed by atoms with Gasteiger partial charge < -0.3 is 26.4 Å². The lowest BCUT2D eigenvalue weighted by Crippen LogP contribution is -2.46. The number of amides is 2. The zero-order valence-corrected chi connectivity index (χ0v) is 13.1. The summed E-state index contributed by atoms with van der Waals surface area (Å²) in [5.74, 6) is -0.736. The van der Waals surface area contributed by atoms with Crippen molar-refractivity contribution < 1.29 is 19.6 Å². The van der Waals surface area contributed by atoms with Gasteiger partial charge in [-0.05, 0) is 25.2 Å². The third kappa shape index (κ3) is 8.76. The molecule has 0 saturated heterocycles. The number of nitrogens with one attached hydrogen (secondary N) is 3. The molecule has 0 saturated carbocycles. The summed E-state index contributed by atoms with van der Waals surface area (Å²) in [6.45, 7) is 3.83. The van der Waals surface area contributed by atoms with Gasteiger partial charge >= 0.3 is 0 Å². The van der Waals surface area contributed by atoms with Crippen molar-refractivity contribution in [3.05, 3.63) is 0 Å². The Balaban J connectivity index is 3.82. The van der Waals surface area contributed by atoms with Crippen molar-refractivity contribution in [2.75, 3.05) is 13.1 Å². The van der Waals surface area contributed by atoms with Crippen LogP contribution in [-0.4, -0.2) is 55.7 Å². The number of hydroxylamine groups is 1. The van der Waals surface area contributed by atoms with Crippen molar-refractivity contribution in [1.29, 1.82) is 0 Å². The van der Waals surface area contributed by atoms with E-state index in [1.807, 2.05) is 19.3 Å². The fraction of sp³-hybridized carbons (Fsp3) is 0.769. The molecule has 22 heavy (non-hydrogen) atoms.